The van der Waals surface area contributed by atoms with Crippen LogP contribution in [0.25, 0.3) is 5.69 Å². The molecule has 0 saturated heterocycles. The summed E-state index contributed by atoms with van der Waals surface area (Å²) in [6, 6.07) is 16.1. The van der Waals surface area contributed by atoms with Crippen molar-refractivity contribution in [1.29, 1.82) is 0 Å². The Kier molecular flexibility index (Phi) is 4.93. The summed E-state index contributed by atoms with van der Waals surface area (Å²) in [6.07, 6.45) is 1.93. The largest absolute Gasteiger partial charge is 0.318 e. The normalized spacial score (nSPS) is 11.4. The maximum Gasteiger partial charge on any atom is 0.0659 e. The zero-order chi connectivity index (χ0) is 17.3. The summed E-state index contributed by atoms with van der Waals surface area (Å²) in [5.74, 6) is 0. The van der Waals surface area contributed by atoms with Crippen LogP contribution in [0.15, 0.2) is 58.0 Å². The van der Waals surface area contributed by atoms with Crippen molar-refractivity contribution in [3.63, 3.8) is 0 Å². The SMILES string of the molecule is Cc1cc(Br)ccc1N=Cc1cc(C)n(-c2cccc(Cl)c2)c1C. The van der Waals surface area contributed by atoms with Crippen molar-refractivity contribution in [1.82, 2.24) is 4.57 Å². The van der Waals surface area contributed by atoms with E-state index in [2.05, 4.69) is 64.5 Å². The molecular formula is C20H18BrClN2. The first-order valence-electron chi connectivity index (χ1n) is 7.71. The van der Waals surface area contributed by atoms with Gasteiger partial charge in [-0.25, -0.2) is 0 Å². The molecule has 1 aromatic heterocycles. The molecule has 24 heavy (non-hydrogen) atoms. The van der Waals surface area contributed by atoms with Gasteiger partial charge in [-0.3, -0.25) is 4.99 Å². The molecule has 0 aliphatic heterocycles. The molecule has 4 heteroatoms. The molecule has 0 N–H and O–H groups in total. The van der Waals surface area contributed by atoms with E-state index in [-0.39, 0.29) is 0 Å². The van der Waals surface area contributed by atoms with E-state index in [1.807, 2.05) is 36.5 Å². The second-order valence-electron chi connectivity index (χ2n) is 5.83. The molecule has 122 valence electrons. The molecule has 2 nitrogen and oxygen atoms in total. The van der Waals surface area contributed by atoms with Crippen LogP contribution in [0, 0.1) is 20.8 Å². The first kappa shape index (κ1) is 17.0. The Labute approximate surface area is 155 Å². The lowest BCUT2D eigenvalue weighted by Crippen LogP contribution is -1.99. The number of halogens is 2. The highest BCUT2D eigenvalue weighted by molar-refractivity contribution is 9.10. The summed E-state index contributed by atoms with van der Waals surface area (Å²) in [4.78, 5) is 4.66. The van der Waals surface area contributed by atoms with Gasteiger partial charge in [-0.1, -0.05) is 33.6 Å². The predicted octanol–water partition coefficient (Wildman–Crippen LogP) is 6.57. The van der Waals surface area contributed by atoms with Crippen LogP contribution in [0.5, 0.6) is 0 Å². The molecule has 0 unspecified atom stereocenters. The topological polar surface area (TPSA) is 17.3 Å². The van der Waals surface area contributed by atoms with Crippen molar-refractivity contribution >= 4 is 39.4 Å². The van der Waals surface area contributed by atoms with Crippen LogP contribution in [0.3, 0.4) is 0 Å². The number of aryl methyl sites for hydroxylation is 2. The molecule has 0 aliphatic rings. The predicted molar refractivity (Wildman–Crippen MR) is 106 cm³/mol. The van der Waals surface area contributed by atoms with Crippen molar-refractivity contribution in [2.75, 3.05) is 0 Å². The summed E-state index contributed by atoms with van der Waals surface area (Å²) in [5, 5.41) is 0.737. The van der Waals surface area contributed by atoms with Gasteiger partial charge in [0.15, 0.2) is 0 Å². The van der Waals surface area contributed by atoms with E-state index in [0.717, 1.165) is 43.4 Å². The maximum atomic E-state index is 6.13. The maximum absolute atomic E-state index is 6.13. The number of benzene rings is 2. The Balaban J connectivity index is 1.98. The van der Waals surface area contributed by atoms with Crippen LogP contribution in [-0.4, -0.2) is 10.8 Å². The molecule has 1 heterocycles. The van der Waals surface area contributed by atoms with Crippen molar-refractivity contribution in [3.05, 3.63) is 80.5 Å². The number of rotatable bonds is 3. The minimum Gasteiger partial charge on any atom is -0.318 e. The van der Waals surface area contributed by atoms with Crippen LogP contribution >= 0.6 is 27.5 Å². The van der Waals surface area contributed by atoms with Gasteiger partial charge < -0.3 is 4.57 Å². The molecular weight excluding hydrogens is 384 g/mol. The molecule has 3 rings (SSSR count). The average Bonchev–Trinajstić information content (AvgIpc) is 2.80. The van der Waals surface area contributed by atoms with Crippen LogP contribution in [0.1, 0.15) is 22.5 Å². The number of aliphatic imine (C=N–C) groups is 1. The fourth-order valence-electron chi connectivity index (χ4n) is 2.83. The quantitative estimate of drug-likeness (QED) is 0.442. The van der Waals surface area contributed by atoms with Crippen LogP contribution in [0.4, 0.5) is 5.69 Å². The lowest BCUT2D eigenvalue weighted by Gasteiger charge is -2.09. The molecule has 0 aliphatic carbocycles. The van der Waals surface area contributed by atoms with Gasteiger partial charge in [0.1, 0.15) is 0 Å². The van der Waals surface area contributed by atoms with Gasteiger partial charge >= 0.3 is 0 Å². The fraction of sp³-hybridized carbons (Fsp3) is 0.150. The highest BCUT2D eigenvalue weighted by Gasteiger charge is 2.09. The molecule has 0 atom stereocenters. The zero-order valence-corrected chi connectivity index (χ0v) is 16.2. The van der Waals surface area contributed by atoms with E-state index < -0.39 is 0 Å². The van der Waals surface area contributed by atoms with Crippen LogP contribution in [-0.2, 0) is 0 Å². The molecule has 0 bridgehead atoms. The van der Waals surface area contributed by atoms with Gasteiger partial charge in [-0.2, -0.15) is 0 Å². The number of nitrogens with zero attached hydrogens (tertiary/aromatic N) is 2. The second-order valence-corrected chi connectivity index (χ2v) is 7.18. The summed E-state index contributed by atoms with van der Waals surface area (Å²) < 4.78 is 3.26. The third-order valence-electron chi connectivity index (χ3n) is 4.04. The van der Waals surface area contributed by atoms with Gasteiger partial charge in [0.2, 0.25) is 0 Å². The van der Waals surface area contributed by atoms with E-state index >= 15 is 0 Å². The Morgan fingerprint density at radius 1 is 1.04 bits per heavy atom. The Bertz CT molecular complexity index is 925. The Morgan fingerprint density at radius 2 is 1.83 bits per heavy atom. The average molecular weight is 402 g/mol. The van der Waals surface area contributed by atoms with Crippen molar-refractivity contribution in [2.24, 2.45) is 4.99 Å². The molecule has 0 radical (unpaired) electrons. The van der Waals surface area contributed by atoms with Crippen molar-refractivity contribution in [2.45, 2.75) is 20.8 Å². The first-order valence-corrected chi connectivity index (χ1v) is 8.88. The second kappa shape index (κ2) is 6.96. The van der Waals surface area contributed by atoms with Crippen LogP contribution < -0.4 is 0 Å². The molecule has 3 aromatic rings. The monoisotopic (exact) mass is 400 g/mol. The number of aromatic nitrogens is 1. The minimum absolute atomic E-state index is 0.737. The lowest BCUT2D eigenvalue weighted by atomic mass is 10.2. The standard InChI is InChI=1S/C20H18BrClN2/c1-13-9-17(21)7-8-20(13)23-12-16-10-14(2)24(15(16)3)19-6-4-5-18(22)11-19/h4-12H,1-3H3. The third-order valence-corrected chi connectivity index (χ3v) is 4.77. The van der Waals surface area contributed by atoms with Crippen LogP contribution in [0.2, 0.25) is 5.02 Å². The lowest BCUT2D eigenvalue weighted by molar-refractivity contribution is 0.965. The summed E-state index contributed by atoms with van der Waals surface area (Å²) >= 11 is 9.62. The first-order chi connectivity index (χ1) is 11.5. The van der Waals surface area contributed by atoms with Gasteiger partial charge in [0.05, 0.1) is 5.69 Å². The van der Waals surface area contributed by atoms with Gasteiger partial charge in [-0.05, 0) is 68.8 Å². The fourth-order valence-corrected chi connectivity index (χ4v) is 3.49. The molecule has 0 spiro atoms. The molecule has 2 aromatic carbocycles. The van der Waals surface area contributed by atoms with E-state index in [0.29, 0.717) is 0 Å². The molecule has 0 fully saturated rings. The summed E-state index contributed by atoms with van der Waals surface area (Å²) in [6.45, 7) is 6.26. The zero-order valence-electron chi connectivity index (χ0n) is 13.8. The smallest absolute Gasteiger partial charge is 0.0659 e. The van der Waals surface area contributed by atoms with Crippen molar-refractivity contribution in [3.8, 4) is 5.69 Å². The van der Waals surface area contributed by atoms with E-state index in [4.69, 9.17) is 11.6 Å². The van der Waals surface area contributed by atoms with Gasteiger partial charge in [0.25, 0.3) is 0 Å². The van der Waals surface area contributed by atoms with Gasteiger partial charge in [-0.15, -0.1) is 0 Å². The highest BCUT2D eigenvalue weighted by atomic mass is 79.9. The minimum atomic E-state index is 0.737. The Morgan fingerprint density at radius 3 is 2.54 bits per heavy atom. The highest BCUT2D eigenvalue weighted by Crippen LogP contribution is 2.25. The summed E-state index contributed by atoms with van der Waals surface area (Å²) in [7, 11) is 0. The van der Waals surface area contributed by atoms with Crippen molar-refractivity contribution < 1.29 is 0 Å². The van der Waals surface area contributed by atoms with E-state index in [1.165, 1.54) is 0 Å². The third kappa shape index (κ3) is 3.47. The summed E-state index contributed by atoms with van der Waals surface area (Å²) in [5.41, 5.74) is 6.60. The van der Waals surface area contributed by atoms with E-state index in [1.54, 1.807) is 0 Å². The number of hydrogen-bond donors (Lipinski definition) is 0. The Hall–Kier alpha value is -1.84. The number of hydrogen-bond acceptors (Lipinski definition) is 1. The molecule has 0 saturated carbocycles. The van der Waals surface area contributed by atoms with E-state index in [9.17, 15) is 0 Å². The molecule has 0 amide bonds. The van der Waals surface area contributed by atoms with Gasteiger partial charge in [0, 0.05) is 38.3 Å².